The third-order valence-corrected chi connectivity index (χ3v) is 6.74. The minimum absolute atomic E-state index is 0.264. The van der Waals surface area contributed by atoms with E-state index in [1.165, 1.54) is 0 Å². The van der Waals surface area contributed by atoms with Gasteiger partial charge in [0.1, 0.15) is 11.8 Å². The third kappa shape index (κ3) is 5.18. The largest absolute Gasteiger partial charge is 0.496 e. The van der Waals surface area contributed by atoms with Crippen molar-refractivity contribution in [2.45, 2.75) is 44.4 Å². The van der Waals surface area contributed by atoms with E-state index in [0.29, 0.717) is 17.7 Å². The van der Waals surface area contributed by atoms with Crippen LogP contribution in [0.3, 0.4) is 0 Å². The smallest absolute Gasteiger partial charge is 0.255 e. The number of hydrogen-bond donors (Lipinski definition) is 4. The first-order chi connectivity index (χ1) is 17.3. The lowest BCUT2D eigenvalue weighted by Crippen LogP contribution is -2.52. The number of carbonyl (C=O) groups is 3. The molecule has 4 atom stereocenters. The molecule has 0 spiro atoms. The van der Waals surface area contributed by atoms with Crippen LogP contribution in [0.15, 0.2) is 60.7 Å². The van der Waals surface area contributed by atoms with E-state index in [1.807, 2.05) is 60.7 Å². The van der Waals surface area contributed by atoms with Crippen molar-refractivity contribution in [2.75, 3.05) is 14.2 Å². The summed E-state index contributed by atoms with van der Waals surface area (Å²) in [6, 6.07) is 17.3. The summed E-state index contributed by atoms with van der Waals surface area (Å²) in [7, 11) is 3.22. The molecule has 8 heteroatoms. The van der Waals surface area contributed by atoms with Gasteiger partial charge in [-0.3, -0.25) is 14.4 Å². The molecule has 0 bridgehead atoms. The molecule has 4 rings (SSSR count). The lowest BCUT2D eigenvalue weighted by molar-refractivity contribution is -0.129. The number of carbonyl (C=O) groups excluding carboxylic acids is 3. The lowest BCUT2D eigenvalue weighted by atomic mass is 10.0. The first-order valence-electron chi connectivity index (χ1n) is 12.1. The number of nitrogens with one attached hydrogen (secondary N) is 4. The number of ether oxygens (including phenoxy) is 1. The summed E-state index contributed by atoms with van der Waals surface area (Å²) in [6.07, 6.45) is 0.570. The van der Waals surface area contributed by atoms with Gasteiger partial charge in [-0.25, -0.2) is 0 Å². The molecule has 0 aromatic heterocycles. The lowest BCUT2D eigenvalue weighted by Gasteiger charge is -2.26. The molecule has 1 aliphatic carbocycles. The predicted molar refractivity (Wildman–Crippen MR) is 139 cm³/mol. The van der Waals surface area contributed by atoms with Crippen LogP contribution in [-0.4, -0.2) is 50.0 Å². The minimum Gasteiger partial charge on any atom is -0.496 e. The molecule has 3 aromatic rings. The fourth-order valence-electron chi connectivity index (χ4n) is 4.53. The monoisotopic (exact) mass is 488 g/mol. The Bertz CT molecular complexity index is 1290. The van der Waals surface area contributed by atoms with Crippen molar-refractivity contribution in [1.82, 2.24) is 21.3 Å². The van der Waals surface area contributed by atoms with Gasteiger partial charge >= 0.3 is 0 Å². The molecule has 3 aromatic carbocycles. The van der Waals surface area contributed by atoms with Crippen molar-refractivity contribution in [1.29, 1.82) is 0 Å². The standard InChI is InChI=1S/C28H32N4O4/c1-16(29-3)26(33)30-17(2)27(34)32-25-21-12-8-7-11-20(21)14-23(25)31-28(35)22-13-18-9-5-6-10-19(18)15-24(22)36-4/h5-13,15-17,23,25,29H,14H2,1-4H3,(H,30,33)(H,31,35)(H,32,34)/t16-,17-,23-,25-/m0/s1. The highest BCUT2D eigenvalue weighted by atomic mass is 16.5. The molecule has 3 amide bonds. The van der Waals surface area contributed by atoms with Crippen molar-refractivity contribution in [3.63, 3.8) is 0 Å². The topological polar surface area (TPSA) is 109 Å². The van der Waals surface area contributed by atoms with Crippen LogP contribution in [0.1, 0.15) is 41.4 Å². The summed E-state index contributed by atoms with van der Waals surface area (Å²) in [5.74, 6) is -0.382. The van der Waals surface area contributed by atoms with E-state index >= 15 is 0 Å². The van der Waals surface area contributed by atoms with E-state index in [1.54, 1.807) is 28.0 Å². The van der Waals surface area contributed by atoms with E-state index in [-0.39, 0.29) is 23.8 Å². The fraction of sp³-hybridized carbons (Fsp3) is 0.321. The number of fused-ring (bicyclic) bond motifs is 2. The van der Waals surface area contributed by atoms with Crippen molar-refractivity contribution in [2.24, 2.45) is 0 Å². The average molecular weight is 489 g/mol. The Kier molecular flexibility index (Phi) is 7.55. The fourth-order valence-corrected chi connectivity index (χ4v) is 4.53. The van der Waals surface area contributed by atoms with Gasteiger partial charge in [0.05, 0.1) is 30.8 Å². The first kappa shape index (κ1) is 25.2. The van der Waals surface area contributed by atoms with E-state index in [9.17, 15) is 14.4 Å². The van der Waals surface area contributed by atoms with Gasteiger partial charge < -0.3 is 26.0 Å². The van der Waals surface area contributed by atoms with Crippen LogP contribution >= 0.6 is 0 Å². The highest BCUT2D eigenvalue weighted by molar-refractivity contribution is 6.02. The molecule has 1 aliphatic rings. The van der Waals surface area contributed by atoms with E-state index in [4.69, 9.17) is 4.74 Å². The summed E-state index contributed by atoms with van der Waals surface area (Å²) in [5, 5.41) is 13.7. The molecule has 4 N–H and O–H groups in total. The van der Waals surface area contributed by atoms with Gasteiger partial charge in [0, 0.05) is 0 Å². The molecular formula is C28H32N4O4. The number of likely N-dealkylation sites (N-methyl/N-ethyl adjacent to an activating group) is 1. The molecule has 0 fully saturated rings. The van der Waals surface area contributed by atoms with Gasteiger partial charge in [-0.15, -0.1) is 0 Å². The summed E-state index contributed by atoms with van der Waals surface area (Å²) in [6.45, 7) is 3.36. The Morgan fingerprint density at radius 3 is 2.25 bits per heavy atom. The number of amides is 3. The number of methoxy groups -OCH3 is 1. The second-order valence-electron chi connectivity index (χ2n) is 9.11. The number of benzene rings is 3. The summed E-state index contributed by atoms with van der Waals surface area (Å²) in [5.41, 5.74) is 2.43. The molecule has 0 radical (unpaired) electrons. The maximum Gasteiger partial charge on any atom is 0.255 e. The van der Waals surface area contributed by atoms with E-state index in [2.05, 4.69) is 21.3 Å². The first-order valence-corrected chi connectivity index (χ1v) is 12.1. The van der Waals surface area contributed by atoms with Crippen LogP contribution in [0, 0.1) is 0 Å². The molecule has 0 saturated carbocycles. The van der Waals surface area contributed by atoms with Crippen LogP contribution in [-0.2, 0) is 16.0 Å². The van der Waals surface area contributed by atoms with Gasteiger partial charge in [0.15, 0.2) is 0 Å². The summed E-state index contributed by atoms with van der Waals surface area (Å²) in [4.78, 5) is 38.7. The van der Waals surface area contributed by atoms with Crippen LogP contribution in [0.2, 0.25) is 0 Å². The number of hydrogen-bond acceptors (Lipinski definition) is 5. The maximum atomic E-state index is 13.4. The van der Waals surface area contributed by atoms with E-state index < -0.39 is 18.1 Å². The van der Waals surface area contributed by atoms with Crippen molar-refractivity contribution >= 4 is 28.5 Å². The Hall–Kier alpha value is -3.91. The maximum absolute atomic E-state index is 13.4. The third-order valence-electron chi connectivity index (χ3n) is 6.74. The number of rotatable bonds is 8. The van der Waals surface area contributed by atoms with Gasteiger partial charge in [-0.1, -0.05) is 48.5 Å². The Morgan fingerprint density at radius 1 is 0.889 bits per heavy atom. The van der Waals surface area contributed by atoms with Crippen LogP contribution in [0.5, 0.6) is 5.75 Å². The Labute approximate surface area is 210 Å². The van der Waals surface area contributed by atoms with Gasteiger partial charge in [0.2, 0.25) is 11.8 Å². The molecule has 0 unspecified atom stereocenters. The molecule has 36 heavy (non-hydrogen) atoms. The zero-order chi connectivity index (χ0) is 25.8. The van der Waals surface area contributed by atoms with Crippen LogP contribution < -0.4 is 26.0 Å². The SMILES string of the molecule is CN[C@@H](C)C(=O)N[C@@H](C)C(=O)N[C@H]1c2ccccc2C[C@@H]1NC(=O)c1cc2ccccc2cc1OC. The van der Waals surface area contributed by atoms with Crippen molar-refractivity contribution < 1.29 is 19.1 Å². The predicted octanol–water partition coefficient (Wildman–Crippen LogP) is 2.47. The van der Waals surface area contributed by atoms with E-state index in [0.717, 1.165) is 21.9 Å². The van der Waals surface area contributed by atoms with Crippen molar-refractivity contribution in [3.05, 3.63) is 77.4 Å². The summed E-state index contributed by atoms with van der Waals surface area (Å²) < 4.78 is 5.51. The quantitative estimate of drug-likeness (QED) is 0.390. The average Bonchev–Trinajstić information content (AvgIpc) is 3.23. The zero-order valence-corrected chi connectivity index (χ0v) is 20.9. The molecule has 188 valence electrons. The Balaban J connectivity index is 1.55. The molecule has 0 heterocycles. The Morgan fingerprint density at radius 2 is 1.56 bits per heavy atom. The second kappa shape index (κ2) is 10.8. The highest BCUT2D eigenvalue weighted by Crippen LogP contribution is 2.32. The minimum atomic E-state index is -0.738. The summed E-state index contributed by atoms with van der Waals surface area (Å²) >= 11 is 0. The zero-order valence-electron chi connectivity index (χ0n) is 20.9. The normalized spacial score (nSPS) is 18.1. The second-order valence-corrected chi connectivity index (χ2v) is 9.11. The van der Waals surface area contributed by atoms with Gasteiger partial charge in [0.25, 0.3) is 5.91 Å². The van der Waals surface area contributed by atoms with Crippen LogP contribution in [0.4, 0.5) is 0 Å². The van der Waals surface area contributed by atoms with Gasteiger partial charge in [-0.2, -0.15) is 0 Å². The molecular weight excluding hydrogens is 456 g/mol. The van der Waals surface area contributed by atoms with Crippen molar-refractivity contribution in [3.8, 4) is 5.75 Å². The van der Waals surface area contributed by atoms with Crippen LogP contribution in [0.25, 0.3) is 10.8 Å². The molecule has 0 saturated heterocycles. The van der Waals surface area contributed by atoms with Gasteiger partial charge in [-0.05, 0) is 61.3 Å². The molecule has 8 nitrogen and oxygen atoms in total. The molecule has 0 aliphatic heterocycles. The highest BCUT2D eigenvalue weighted by Gasteiger charge is 2.36.